The first-order chi connectivity index (χ1) is 5.58. The fraction of sp³-hybridized carbons (Fsp3) is 0.818. The van der Waals surface area contributed by atoms with E-state index in [2.05, 4.69) is 20.4 Å². The maximum absolute atomic E-state index is 8.94. The van der Waals surface area contributed by atoms with Gasteiger partial charge in [-0.05, 0) is 37.0 Å². The first kappa shape index (κ1) is 9.79. The van der Waals surface area contributed by atoms with E-state index in [1.165, 1.54) is 12.0 Å². The standard InChI is InChI=1S/C11H20O/c1-9-4-5-11(3,6-7-12)10(2)8-9/h10,12H,1,4-8H2,2-3H3/t10-,11-/m0/s1. The van der Waals surface area contributed by atoms with Gasteiger partial charge in [0.15, 0.2) is 0 Å². The summed E-state index contributed by atoms with van der Waals surface area (Å²) in [7, 11) is 0. The van der Waals surface area contributed by atoms with E-state index < -0.39 is 0 Å². The summed E-state index contributed by atoms with van der Waals surface area (Å²) in [6, 6.07) is 0. The Hall–Kier alpha value is -0.300. The second-order valence-electron chi connectivity index (χ2n) is 4.48. The molecule has 0 bridgehead atoms. The Morgan fingerprint density at radius 1 is 1.67 bits per heavy atom. The van der Waals surface area contributed by atoms with E-state index in [0.717, 1.165) is 19.3 Å². The molecule has 2 atom stereocenters. The Kier molecular flexibility index (Phi) is 2.94. The molecule has 1 N–H and O–H groups in total. The molecule has 1 aliphatic carbocycles. The second-order valence-corrected chi connectivity index (χ2v) is 4.48. The van der Waals surface area contributed by atoms with Gasteiger partial charge in [0.25, 0.3) is 0 Å². The van der Waals surface area contributed by atoms with Gasteiger partial charge in [0.1, 0.15) is 0 Å². The summed E-state index contributed by atoms with van der Waals surface area (Å²) in [5.74, 6) is 0.686. The normalized spacial score (nSPS) is 36.9. The monoisotopic (exact) mass is 168 g/mol. The van der Waals surface area contributed by atoms with Crippen LogP contribution in [0.5, 0.6) is 0 Å². The lowest BCUT2D eigenvalue weighted by atomic mass is 9.65. The van der Waals surface area contributed by atoms with Gasteiger partial charge in [-0.15, -0.1) is 0 Å². The molecule has 0 radical (unpaired) electrons. The van der Waals surface area contributed by atoms with Crippen LogP contribution in [-0.2, 0) is 0 Å². The van der Waals surface area contributed by atoms with Crippen molar-refractivity contribution < 1.29 is 5.11 Å². The summed E-state index contributed by atoms with van der Waals surface area (Å²) in [4.78, 5) is 0. The van der Waals surface area contributed by atoms with Crippen molar-refractivity contribution in [2.45, 2.75) is 39.5 Å². The van der Waals surface area contributed by atoms with Crippen LogP contribution in [0, 0.1) is 11.3 Å². The first-order valence-corrected chi connectivity index (χ1v) is 4.86. The molecule has 1 fully saturated rings. The van der Waals surface area contributed by atoms with Crippen LogP contribution in [0.15, 0.2) is 12.2 Å². The Balaban J connectivity index is 2.59. The van der Waals surface area contributed by atoms with Gasteiger partial charge < -0.3 is 5.11 Å². The van der Waals surface area contributed by atoms with Crippen molar-refractivity contribution in [2.75, 3.05) is 6.61 Å². The van der Waals surface area contributed by atoms with Crippen LogP contribution in [0.25, 0.3) is 0 Å². The largest absolute Gasteiger partial charge is 0.396 e. The van der Waals surface area contributed by atoms with E-state index in [-0.39, 0.29) is 0 Å². The number of aliphatic hydroxyl groups excluding tert-OH is 1. The highest BCUT2D eigenvalue weighted by molar-refractivity contribution is 5.04. The highest BCUT2D eigenvalue weighted by Gasteiger charge is 2.33. The summed E-state index contributed by atoms with van der Waals surface area (Å²) < 4.78 is 0. The molecule has 12 heavy (non-hydrogen) atoms. The van der Waals surface area contributed by atoms with Crippen molar-refractivity contribution in [3.05, 3.63) is 12.2 Å². The maximum atomic E-state index is 8.94. The van der Waals surface area contributed by atoms with E-state index in [1.54, 1.807) is 0 Å². The molecular weight excluding hydrogens is 148 g/mol. The van der Waals surface area contributed by atoms with Gasteiger partial charge in [0, 0.05) is 6.61 Å². The lowest BCUT2D eigenvalue weighted by molar-refractivity contribution is 0.108. The molecule has 0 aliphatic heterocycles. The Morgan fingerprint density at radius 2 is 2.33 bits per heavy atom. The third-order valence-electron chi connectivity index (χ3n) is 3.52. The molecule has 0 amide bonds. The van der Waals surface area contributed by atoms with Crippen LogP contribution in [0.1, 0.15) is 39.5 Å². The van der Waals surface area contributed by atoms with Gasteiger partial charge in [-0.2, -0.15) is 0 Å². The van der Waals surface area contributed by atoms with Crippen LogP contribution in [0.4, 0.5) is 0 Å². The molecular formula is C11H20O. The van der Waals surface area contributed by atoms with Crippen LogP contribution in [0.3, 0.4) is 0 Å². The van der Waals surface area contributed by atoms with Crippen molar-refractivity contribution in [2.24, 2.45) is 11.3 Å². The van der Waals surface area contributed by atoms with Gasteiger partial charge in [-0.25, -0.2) is 0 Å². The zero-order valence-corrected chi connectivity index (χ0v) is 8.27. The summed E-state index contributed by atoms with van der Waals surface area (Å²) >= 11 is 0. The van der Waals surface area contributed by atoms with Crippen molar-refractivity contribution >= 4 is 0 Å². The van der Waals surface area contributed by atoms with Crippen LogP contribution < -0.4 is 0 Å². The smallest absolute Gasteiger partial charge is 0.0436 e. The van der Waals surface area contributed by atoms with Gasteiger partial charge >= 0.3 is 0 Å². The van der Waals surface area contributed by atoms with Crippen molar-refractivity contribution in [1.82, 2.24) is 0 Å². The fourth-order valence-electron chi connectivity index (χ4n) is 2.12. The van der Waals surface area contributed by atoms with E-state index in [4.69, 9.17) is 5.11 Å². The van der Waals surface area contributed by atoms with Crippen molar-refractivity contribution in [3.63, 3.8) is 0 Å². The number of aliphatic hydroxyl groups is 1. The first-order valence-electron chi connectivity index (χ1n) is 4.86. The fourth-order valence-corrected chi connectivity index (χ4v) is 2.12. The second kappa shape index (κ2) is 3.61. The zero-order chi connectivity index (χ0) is 9.19. The average Bonchev–Trinajstić information content (AvgIpc) is 1.99. The van der Waals surface area contributed by atoms with Crippen molar-refractivity contribution in [3.8, 4) is 0 Å². The van der Waals surface area contributed by atoms with Crippen LogP contribution >= 0.6 is 0 Å². The molecule has 0 aromatic rings. The summed E-state index contributed by atoms with van der Waals surface area (Å²) in [6.07, 6.45) is 4.45. The minimum Gasteiger partial charge on any atom is -0.396 e. The van der Waals surface area contributed by atoms with E-state index >= 15 is 0 Å². The molecule has 0 unspecified atom stereocenters. The Bertz CT molecular complexity index is 174. The third-order valence-corrected chi connectivity index (χ3v) is 3.52. The van der Waals surface area contributed by atoms with Crippen molar-refractivity contribution in [1.29, 1.82) is 0 Å². The van der Waals surface area contributed by atoms with Gasteiger partial charge in [-0.3, -0.25) is 0 Å². The minimum absolute atomic E-state index is 0.327. The highest BCUT2D eigenvalue weighted by Crippen LogP contribution is 2.44. The molecule has 0 spiro atoms. The number of hydrogen-bond donors (Lipinski definition) is 1. The Labute approximate surface area is 75.5 Å². The average molecular weight is 168 g/mol. The number of rotatable bonds is 2. The topological polar surface area (TPSA) is 20.2 Å². The van der Waals surface area contributed by atoms with Gasteiger partial charge in [0.2, 0.25) is 0 Å². The number of hydrogen-bond acceptors (Lipinski definition) is 1. The molecule has 1 rings (SSSR count). The SMILES string of the molecule is C=C1CC[C@@](C)(CCO)[C@@H](C)C1. The maximum Gasteiger partial charge on any atom is 0.0436 e. The minimum atomic E-state index is 0.327. The predicted octanol–water partition coefficient (Wildman–Crippen LogP) is 2.75. The van der Waals surface area contributed by atoms with E-state index in [0.29, 0.717) is 17.9 Å². The molecule has 70 valence electrons. The van der Waals surface area contributed by atoms with E-state index in [9.17, 15) is 0 Å². The molecule has 0 aromatic heterocycles. The third kappa shape index (κ3) is 1.89. The molecule has 1 nitrogen and oxygen atoms in total. The molecule has 1 saturated carbocycles. The lowest BCUT2D eigenvalue weighted by Gasteiger charge is -2.40. The van der Waals surface area contributed by atoms with Gasteiger partial charge in [0.05, 0.1) is 0 Å². The molecule has 0 heterocycles. The quantitative estimate of drug-likeness (QED) is 0.629. The summed E-state index contributed by atoms with van der Waals surface area (Å²) in [5.41, 5.74) is 1.74. The van der Waals surface area contributed by atoms with Crippen LogP contribution in [-0.4, -0.2) is 11.7 Å². The summed E-state index contributed by atoms with van der Waals surface area (Å²) in [5, 5.41) is 8.94. The van der Waals surface area contributed by atoms with Gasteiger partial charge in [-0.1, -0.05) is 26.0 Å². The molecule has 1 aliphatic rings. The summed E-state index contributed by atoms with van der Waals surface area (Å²) in [6.45, 7) is 8.92. The molecule has 0 saturated heterocycles. The molecule has 1 heteroatoms. The zero-order valence-electron chi connectivity index (χ0n) is 8.27. The molecule has 0 aromatic carbocycles. The lowest BCUT2D eigenvalue weighted by Crippen LogP contribution is -2.30. The predicted molar refractivity (Wildman–Crippen MR) is 52.0 cm³/mol. The Morgan fingerprint density at radius 3 is 2.83 bits per heavy atom. The van der Waals surface area contributed by atoms with E-state index in [1.807, 2.05) is 0 Å². The highest BCUT2D eigenvalue weighted by atomic mass is 16.3. The van der Waals surface area contributed by atoms with Crippen LogP contribution in [0.2, 0.25) is 0 Å². The number of allylic oxidation sites excluding steroid dienone is 1.